The van der Waals surface area contributed by atoms with E-state index in [9.17, 15) is 18.3 Å². The van der Waals surface area contributed by atoms with Crippen LogP contribution in [0.1, 0.15) is 32.3 Å². The van der Waals surface area contributed by atoms with Gasteiger partial charge < -0.3 is 35.1 Å². The molecule has 3 unspecified atom stereocenters. The number of rotatable bonds is 14. The van der Waals surface area contributed by atoms with Crippen LogP contribution in [0.5, 0.6) is 5.75 Å². The van der Waals surface area contributed by atoms with Crippen molar-refractivity contribution in [3.8, 4) is 5.75 Å². The number of hydrogen-bond donors (Lipinski definition) is 3. The number of nitrogens with one attached hydrogen (secondary N) is 1. The molecule has 0 radical (unpaired) electrons. The van der Waals surface area contributed by atoms with Crippen LogP contribution in [-0.2, 0) is 30.7 Å². The summed E-state index contributed by atoms with van der Waals surface area (Å²) in [4.78, 5) is 13.1. The molecule has 42 heavy (non-hydrogen) atoms. The predicted octanol–water partition coefficient (Wildman–Crippen LogP) is 2.52. The fourth-order valence-corrected chi connectivity index (χ4v) is 7.10. The Hall–Kier alpha value is -2.74. The zero-order valence-electron chi connectivity index (χ0n) is 24.5. The number of aliphatic hydroxyl groups excluding tert-OH is 1. The van der Waals surface area contributed by atoms with Gasteiger partial charge in [0, 0.05) is 13.1 Å². The maximum atomic E-state index is 13.9. The summed E-state index contributed by atoms with van der Waals surface area (Å²) in [5.41, 5.74) is 6.21. The number of aliphatic hydroxyl groups is 1. The van der Waals surface area contributed by atoms with Crippen LogP contribution in [-0.4, -0.2) is 88.4 Å². The van der Waals surface area contributed by atoms with Crippen molar-refractivity contribution in [2.75, 3.05) is 40.0 Å². The Morgan fingerprint density at radius 2 is 1.88 bits per heavy atom. The zero-order valence-corrected chi connectivity index (χ0v) is 25.3. The SMILES string of the molecule is COc1ccc(S(=O)(=O)N(C[C@H](O)[C@H](Cc2ccccc2)NC(=O)OC2COC3OCCC23)CC(C)(C)CCN)cc1. The Morgan fingerprint density at radius 1 is 1.17 bits per heavy atom. The zero-order chi connectivity index (χ0) is 30.3. The number of nitrogens with two attached hydrogens (primary N) is 1. The lowest BCUT2D eigenvalue weighted by atomic mass is 9.89. The molecule has 2 aromatic carbocycles. The molecule has 4 rings (SSSR count). The molecule has 2 heterocycles. The van der Waals surface area contributed by atoms with Gasteiger partial charge in [-0.3, -0.25) is 0 Å². The third-order valence-corrected chi connectivity index (χ3v) is 9.65. The van der Waals surface area contributed by atoms with Crippen LogP contribution >= 0.6 is 0 Å². The van der Waals surface area contributed by atoms with Gasteiger partial charge in [-0.2, -0.15) is 4.31 Å². The number of ether oxygens (including phenoxy) is 4. The van der Waals surface area contributed by atoms with Crippen LogP contribution < -0.4 is 15.8 Å². The molecule has 2 saturated heterocycles. The van der Waals surface area contributed by atoms with Crippen LogP contribution in [0.3, 0.4) is 0 Å². The van der Waals surface area contributed by atoms with E-state index in [2.05, 4.69) is 5.32 Å². The average Bonchev–Trinajstić information content (AvgIpc) is 3.58. The lowest BCUT2D eigenvalue weighted by molar-refractivity contribution is -0.0907. The van der Waals surface area contributed by atoms with Gasteiger partial charge in [0.05, 0.1) is 43.3 Å². The van der Waals surface area contributed by atoms with E-state index in [1.165, 1.54) is 23.5 Å². The molecule has 4 N–H and O–H groups in total. The monoisotopic (exact) mass is 605 g/mol. The Morgan fingerprint density at radius 3 is 2.55 bits per heavy atom. The molecular formula is C30H43N3O8S. The molecule has 2 aliphatic heterocycles. The normalized spacial score (nSPS) is 22.0. The minimum atomic E-state index is -4.03. The van der Waals surface area contributed by atoms with Gasteiger partial charge in [-0.25, -0.2) is 13.2 Å². The molecule has 232 valence electrons. The highest BCUT2D eigenvalue weighted by Crippen LogP contribution is 2.33. The Kier molecular flexibility index (Phi) is 10.8. The molecule has 0 aliphatic carbocycles. The molecule has 2 aliphatic rings. The second kappa shape index (κ2) is 14.2. The van der Waals surface area contributed by atoms with E-state index in [-0.39, 0.29) is 43.2 Å². The molecule has 2 fully saturated rings. The largest absolute Gasteiger partial charge is 0.497 e. The number of benzene rings is 2. The molecule has 0 aromatic heterocycles. The second-order valence-corrected chi connectivity index (χ2v) is 13.6. The highest BCUT2D eigenvalue weighted by atomic mass is 32.2. The molecule has 0 saturated carbocycles. The van der Waals surface area contributed by atoms with Gasteiger partial charge in [0.15, 0.2) is 6.29 Å². The fraction of sp³-hybridized carbons (Fsp3) is 0.567. The summed E-state index contributed by atoms with van der Waals surface area (Å²) in [6.45, 7) is 4.89. The van der Waals surface area contributed by atoms with Gasteiger partial charge in [0.25, 0.3) is 0 Å². The summed E-state index contributed by atoms with van der Waals surface area (Å²) < 4.78 is 51.0. The van der Waals surface area contributed by atoms with E-state index in [1.54, 1.807) is 12.1 Å². The summed E-state index contributed by atoms with van der Waals surface area (Å²) >= 11 is 0. The number of nitrogens with zero attached hydrogens (tertiary/aromatic N) is 1. The number of fused-ring (bicyclic) bond motifs is 1. The standard InChI is InChI=1S/C30H43N3O8S/c1-30(2,14-15-31)20-33(42(36,37)23-11-9-22(38-3)10-12-23)18-26(34)25(17-21-7-5-4-6-8-21)32-29(35)41-27-19-40-28-24(27)13-16-39-28/h4-12,24-28,34H,13-20,31H2,1-3H3,(H,32,35)/t24?,25-,26-,27?,28?/m0/s1. The Bertz CT molecular complexity index is 1260. The van der Waals surface area contributed by atoms with Crippen LogP contribution in [0.25, 0.3) is 0 Å². The van der Waals surface area contributed by atoms with Gasteiger partial charge in [0.1, 0.15) is 11.9 Å². The van der Waals surface area contributed by atoms with E-state index in [0.29, 0.717) is 25.3 Å². The molecule has 12 heteroatoms. The molecular weight excluding hydrogens is 562 g/mol. The number of carbonyl (C=O) groups excluding carboxylic acids is 1. The highest BCUT2D eigenvalue weighted by molar-refractivity contribution is 7.89. The van der Waals surface area contributed by atoms with E-state index in [0.717, 1.165) is 12.0 Å². The average molecular weight is 606 g/mol. The number of sulfonamides is 1. The summed E-state index contributed by atoms with van der Waals surface area (Å²) in [6, 6.07) is 14.6. The smallest absolute Gasteiger partial charge is 0.407 e. The molecule has 0 spiro atoms. The summed E-state index contributed by atoms with van der Waals surface area (Å²) in [6.07, 6.45) is -1.24. The number of carbonyl (C=O) groups is 1. The van der Waals surface area contributed by atoms with Crippen LogP contribution in [0.2, 0.25) is 0 Å². The van der Waals surface area contributed by atoms with E-state index in [4.69, 9.17) is 24.7 Å². The van der Waals surface area contributed by atoms with Gasteiger partial charge in [-0.15, -0.1) is 0 Å². The van der Waals surface area contributed by atoms with Crippen molar-refractivity contribution in [1.29, 1.82) is 0 Å². The van der Waals surface area contributed by atoms with Gasteiger partial charge >= 0.3 is 6.09 Å². The first-order chi connectivity index (χ1) is 20.0. The van der Waals surface area contributed by atoms with Crippen molar-refractivity contribution in [2.24, 2.45) is 17.1 Å². The van der Waals surface area contributed by atoms with Crippen LogP contribution in [0.15, 0.2) is 59.5 Å². The van der Waals surface area contributed by atoms with Crippen LogP contribution in [0, 0.1) is 11.3 Å². The molecule has 0 bridgehead atoms. The lowest BCUT2D eigenvalue weighted by Crippen LogP contribution is -2.52. The predicted molar refractivity (Wildman–Crippen MR) is 156 cm³/mol. The maximum Gasteiger partial charge on any atom is 0.407 e. The van der Waals surface area contributed by atoms with Crippen molar-refractivity contribution < 1.29 is 37.3 Å². The van der Waals surface area contributed by atoms with Gasteiger partial charge in [-0.05, 0) is 61.1 Å². The number of methoxy groups -OCH3 is 1. The first kappa shape index (κ1) is 32.2. The number of amides is 1. The topological polar surface area (TPSA) is 150 Å². The first-order valence-electron chi connectivity index (χ1n) is 14.3. The van der Waals surface area contributed by atoms with Crippen molar-refractivity contribution in [1.82, 2.24) is 9.62 Å². The van der Waals surface area contributed by atoms with E-state index in [1.807, 2.05) is 44.2 Å². The number of hydrogen-bond acceptors (Lipinski definition) is 9. The molecule has 2 aromatic rings. The van der Waals surface area contributed by atoms with Crippen molar-refractivity contribution in [2.45, 2.75) is 62.5 Å². The second-order valence-electron chi connectivity index (χ2n) is 11.7. The first-order valence-corrected chi connectivity index (χ1v) is 15.7. The molecule has 11 nitrogen and oxygen atoms in total. The third kappa shape index (κ3) is 8.21. The summed E-state index contributed by atoms with van der Waals surface area (Å²) in [7, 11) is -2.53. The molecule has 5 atom stereocenters. The van der Waals surface area contributed by atoms with Gasteiger partial charge in [0.2, 0.25) is 10.0 Å². The maximum absolute atomic E-state index is 13.9. The Labute approximate surface area is 248 Å². The minimum Gasteiger partial charge on any atom is -0.497 e. The highest BCUT2D eigenvalue weighted by Gasteiger charge is 2.44. The van der Waals surface area contributed by atoms with Crippen molar-refractivity contribution in [3.05, 3.63) is 60.2 Å². The summed E-state index contributed by atoms with van der Waals surface area (Å²) in [5, 5.41) is 14.4. The fourth-order valence-electron chi connectivity index (χ4n) is 5.45. The van der Waals surface area contributed by atoms with Crippen LogP contribution in [0.4, 0.5) is 4.79 Å². The summed E-state index contributed by atoms with van der Waals surface area (Å²) in [5.74, 6) is 0.487. The van der Waals surface area contributed by atoms with Gasteiger partial charge in [-0.1, -0.05) is 44.2 Å². The third-order valence-electron chi connectivity index (χ3n) is 7.82. The molecule has 1 amide bonds. The van der Waals surface area contributed by atoms with E-state index >= 15 is 0 Å². The van der Waals surface area contributed by atoms with Crippen molar-refractivity contribution in [3.63, 3.8) is 0 Å². The lowest BCUT2D eigenvalue weighted by Gasteiger charge is -2.35. The minimum absolute atomic E-state index is 0.0387. The number of alkyl carbamates (subject to hydrolysis) is 1. The van der Waals surface area contributed by atoms with Crippen molar-refractivity contribution >= 4 is 16.1 Å². The van der Waals surface area contributed by atoms with E-state index < -0.39 is 39.8 Å². The quantitative estimate of drug-likeness (QED) is 0.295. The Balaban J connectivity index is 1.56.